The van der Waals surface area contributed by atoms with E-state index in [1.54, 1.807) is 0 Å². The lowest BCUT2D eigenvalue weighted by Crippen LogP contribution is -1.84. The Morgan fingerprint density at radius 1 is 0.923 bits per heavy atom. The molecule has 1 aliphatic carbocycles. The highest BCUT2D eigenvalue weighted by atomic mass is 32.1. The van der Waals surface area contributed by atoms with Crippen molar-refractivity contribution in [3.8, 4) is 11.1 Å². The van der Waals surface area contributed by atoms with Gasteiger partial charge in [-0.2, -0.15) is 0 Å². The zero-order valence-corrected chi connectivity index (χ0v) is 7.84. The zero-order valence-electron chi connectivity index (χ0n) is 7.03. The van der Waals surface area contributed by atoms with Gasteiger partial charge in [0, 0.05) is 16.0 Å². The lowest BCUT2D eigenvalue weighted by atomic mass is 9.98. The van der Waals surface area contributed by atoms with Crippen molar-refractivity contribution in [2.24, 2.45) is 0 Å². The van der Waals surface area contributed by atoms with Crippen molar-refractivity contribution in [3.63, 3.8) is 0 Å². The number of thiophene rings is 1. The summed E-state index contributed by atoms with van der Waals surface area (Å²) in [7, 11) is 0. The summed E-state index contributed by atoms with van der Waals surface area (Å²) in [5, 5.41) is 2.24. The smallest absolute Gasteiger partial charge is 0.0349 e. The topological polar surface area (TPSA) is 0 Å². The van der Waals surface area contributed by atoms with Crippen LogP contribution in [0.4, 0.5) is 0 Å². The molecule has 1 aromatic carbocycles. The maximum atomic E-state index is 2.24. The minimum absolute atomic E-state index is 1.32. The third kappa shape index (κ3) is 0.973. The Hall–Kier alpha value is -1.34. The van der Waals surface area contributed by atoms with Crippen LogP contribution >= 0.6 is 11.3 Å². The molecule has 0 saturated heterocycles. The molecule has 13 heavy (non-hydrogen) atoms. The Morgan fingerprint density at radius 3 is 2.38 bits per heavy atom. The number of fused-ring (bicyclic) bond motifs is 1. The van der Waals surface area contributed by atoms with E-state index in [1.807, 2.05) is 11.3 Å². The molecule has 0 saturated carbocycles. The molecule has 0 unspecified atom stereocenters. The van der Waals surface area contributed by atoms with E-state index in [0.717, 1.165) is 0 Å². The molecule has 62 valence electrons. The monoisotopic (exact) mass is 184 g/mol. The molecule has 0 amide bonds. The summed E-state index contributed by atoms with van der Waals surface area (Å²) in [4.78, 5) is 1.42. The second kappa shape index (κ2) is 2.57. The first-order chi connectivity index (χ1) is 6.45. The molecule has 1 heteroatoms. The molecule has 0 radical (unpaired) electrons. The van der Waals surface area contributed by atoms with E-state index in [0.29, 0.717) is 0 Å². The van der Waals surface area contributed by atoms with Crippen molar-refractivity contribution in [3.05, 3.63) is 46.2 Å². The normalized spacial score (nSPS) is 12.3. The van der Waals surface area contributed by atoms with Crippen molar-refractivity contribution in [1.29, 1.82) is 0 Å². The van der Waals surface area contributed by atoms with Crippen molar-refractivity contribution in [1.82, 2.24) is 0 Å². The Bertz CT molecular complexity index is 463. The quantitative estimate of drug-likeness (QED) is 0.538. The van der Waals surface area contributed by atoms with Crippen LogP contribution in [0.2, 0.25) is 0 Å². The summed E-state index contributed by atoms with van der Waals surface area (Å²) < 4.78 is 0. The Morgan fingerprint density at radius 2 is 1.77 bits per heavy atom. The van der Waals surface area contributed by atoms with E-state index in [1.165, 1.54) is 21.6 Å². The van der Waals surface area contributed by atoms with Gasteiger partial charge in [-0.1, -0.05) is 36.4 Å². The third-order valence-electron chi connectivity index (χ3n) is 2.35. The summed E-state index contributed by atoms with van der Waals surface area (Å²) in [5.41, 5.74) is 4.11. The molecule has 0 fully saturated rings. The van der Waals surface area contributed by atoms with E-state index < -0.39 is 0 Å². The van der Waals surface area contributed by atoms with Crippen LogP contribution in [0.1, 0.15) is 10.4 Å². The highest BCUT2D eigenvalue weighted by Crippen LogP contribution is 2.38. The molecule has 1 aliphatic rings. The van der Waals surface area contributed by atoms with Crippen LogP contribution in [-0.2, 0) is 0 Å². The highest BCUT2D eigenvalue weighted by molar-refractivity contribution is 7.12. The van der Waals surface area contributed by atoms with Crippen LogP contribution in [-0.4, -0.2) is 0 Å². The number of benzene rings is 1. The molecule has 0 atom stereocenters. The van der Waals surface area contributed by atoms with Gasteiger partial charge in [-0.05, 0) is 17.0 Å². The first-order valence-corrected chi connectivity index (χ1v) is 5.18. The lowest BCUT2D eigenvalue weighted by molar-refractivity contribution is 1.65. The van der Waals surface area contributed by atoms with Gasteiger partial charge in [0.15, 0.2) is 0 Å². The van der Waals surface area contributed by atoms with Gasteiger partial charge in [-0.25, -0.2) is 0 Å². The van der Waals surface area contributed by atoms with Crippen LogP contribution in [0.3, 0.4) is 0 Å². The average molecular weight is 184 g/mol. The van der Waals surface area contributed by atoms with Crippen molar-refractivity contribution < 1.29 is 0 Å². The molecule has 1 aromatic heterocycles. The van der Waals surface area contributed by atoms with Gasteiger partial charge >= 0.3 is 0 Å². The molecule has 0 bridgehead atoms. The molecule has 0 nitrogen and oxygen atoms in total. The van der Waals surface area contributed by atoms with E-state index in [2.05, 4.69) is 47.9 Å². The van der Waals surface area contributed by atoms with Gasteiger partial charge in [0.25, 0.3) is 0 Å². The van der Waals surface area contributed by atoms with Gasteiger partial charge in [0.05, 0.1) is 0 Å². The van der Waals surface area contributed by atoms with Crippen molar-refractivity contribution in [2.45, 2.75) is 0 Å². The van der Waals surface area contributed by atoms with E-state index in [-0.39, 0.29) is 0 Å². The largest absolute Gasteiger partial charge is 0.143 e. The molecule has 0 spiro atoms. The van der Waals surface area contributed by atoms with Crippen LogP contribution < -0.4 is 0 Å². The van der Waals surface area contributed by atoms with Crippen molar-refractivity contribution in [2.75, 3.05) is 0 Å². The maximum Gasteiger partial charge on any atom is 0.0349 e. The average Bonchev–Trinajstić information content (AvgIpc) is 2.43. The molecule has 3 rings (SSSR count). The van der Waals surface area contributed by atoms with E-state index in [9.17, 15) is 0 Å². The summed E-state index contributed by atoms with van der Waals surface area (Å²) in [6, 6.07) is 10.5. The van der Waals surface area contributed by atoms with Crippen LogP contribution in [0.15, 0.2) is 35.7 Å². The summed E-state index contributed by atoms with van der Waals surface area (Å²) in [6.07, 6.45) is 4.36. The third-order valence-corrected chi connectivity index (χ3v) is 3.31. The van der Waals surface area contributed by atoms with Gasteiger partial charge in [0.1, 0.15) is 0 Å². The van der Waals surface area contributed by atoms with Crippen LogP contribution in [0, 0.1) is 0 Å². The number of hydrogen-bond donors (Lipinski definition) is 0. The first kappa shape index (κ1) is 7.10. The Labute approximate surface area is 81.2 Å². The molecule has 2 aromatic rings. The summed E-state index contributed by atoms with van der Waals surface area (Å²) in [5.74, 6) is 0. The second-order valence-electron chi connectivity index (χ2n) is 3.13. The molecule has 1 heterocycles. The summed E-state index contributed by atoms with van der Waals surface area (Å²) >= 11 is 1.83. The second-order valence-corrected chi connectivity index (χ2v) is 4.04. The molecule has 0 aliphatic heterocycles. The predicted octanol–water partition coefficient (Wildman–Crippen LogP) is 3.90. The summed E-state index contributed by atoms with van der Waals surface area (Å²) in [6.45, 7) is 0. The van der Waals surface area contributed by atoms with Gasteiger partial charge in [-0.3, -0.25) is 0 Å². The lowest BCUT2D eigenvalue weighted by Gasteiger charge is -2.06. The van der Waals surface area contributed by atoms with Gasteiger partial charge < -0.3 is 0 Å². The molecular weight excluding hydrogens is 176 g/mol. The van der Waals surface area contributed by atoms with E-state index >= 15 is 0 Å². The fourth-order valence-corrected chi connectivity index (χ4v) is 2.55. The van der Waals surface area contributed by atoms with Crippen LogP contribution in [0.5, 0.6) is 0 Å². The maximum absolute atomic E-state index is 2.24. The Kier molecular flexibility index (Phi) is 1.41. The van der Waals surface area contributed by atoms with E-state index in [4.69, 9.17) is 0 Å². The van der Waals surface area contributed by atoms with Crippen molar-refractivity contribution >= 4 is 23.5 Å². The number of hydrogen-bond acceptors (Lipinski definition) is 1. The van der Waals surface area contributed by atoms with Gasteiger partial charge in [-0.15, -0.1) is 11.3 Å². The van der Waals surface area contributed by atoms with Gasteiger partial charge in [0.2, 0.25) is 0 Å². The fourth-order valence-electron chi connectivity index (χ4n) is 1.59. The SMILES string of the molecule is C1=Cc2c(-c3ccccc3)csc21. The highest BCUT2D eigenvalue weighted by Gasteiger charge is 2.13. The molecular formula is C12H8S. The van der Waals surface area contributed by atoms with Crippen LogP contribution in [0.25, 0.3) is 23.3 Å². The standard InChI is InChI=1S/C12H8S/c1-2-4-9(5-3-1)11-8-13-12-7-6-10(11)12/h1-8H. The minimum atomic E-state index is 1.32. The predicted molar refractivity (Wildman–Crippen MR) is 58.7 cm³/mol. The minimum Gasteiger partial charge on any atom is -0.143 e. The molecule has 0 N–H and O–H groups in total. The number of rotatable bonds is 1. The fraction of sp³-hybridized carbons (Fsp3) is 0. The zero-order chi connectivity index (χ0) is 8.67. The Balaban J connectivity index is 2.17. The first-order valence-electron chi connectivity index (χ1n) is 4.30.